The molecule has 2 unspecified atom stereocenters. The van der Waals surface area contributed by atoms with Crippen molar-refractivity contribution >= 4 is 21.8 Å². The molecule has 5 heteroatoms. The van der Waals surface area contributed by atoms with Gasteiger partial charge in [-0.25, -0.2) is 0 Å². The number of carbonyl (C=O) groups excluding carboxylic acids is 1. The number of nitrogens with one attached hydrogen (secondary N) is 1. The SMILES string of the molecule is C#CCNC(=O)C(C)Oc1ccc(Br)cc1CC(N)CC. The van der Waals surface area contributed by atoms with Crippen LogP contribution in [0.25, 0.3) is 0 Å². The van der Waals surface area contributed by atoms with Crippen LogP contribution in [0.15, 0.2) is 22.7 Å². The lowest BCUT2D eigenvalue weighted by Crippen LogP contribution is -2.36. The Hall–Kier alpha value is -1.51. The molecule has 21 heavy (non-hydrogen) atoms. The quantitative estimate of drug-likeness (QED) is 0.739. The summed E-state index contributed by atoms with van der Waals surface area (Å²) in [6, 6.07) is 5.75. The number of terminal acetylenes is 1. The lowest BCUT2D eigenvalue weighted by Gasteiger charge is -2.18. The molecule has 0 spiro atoms. The highest BCUT2D eigenvalue weighted by Crippen LogP contribution is 2.25. The monoisotopic (exact) mass is 352 g/mol. The van der Waals surface area contributed by atoms with Gasteiger partial charge in [-0.05, 0) is 43.5 Å². The number of hydrogen-bond donors (Lipinski definition) is 2. The van der Waals surface area contributed by atoms with E-state index in [9.17, 15) is 4.79 Å². The Bertz CT molecular complexity index is 525. The first-order valence-corrected chi connectivity index (χ1v) is 7.69. The number of hydrogen-bond acceptors (Lipinski definition) is 3. The van der Waals surface area contributed by atoms with Gasteiger partial charge < -0.3 is 15.8 Å². The molecule has 0 saturated heterocycles. The van der Waals surface area contributed by atoms with E-state index < -0.39 is 6.10 Å². The van der Waals surface area contributed by atoms with Gasteiger partial charge in [-0.3, -0.25) is 4.79 Å². The van der Waals surface area contributed by atoms with Crippen LogP contribution in [-0.2, 0) is 11.2 Å². The number of benzene rings is 1. The smallest absolute Gasteiger partial charge is 0.261 e. The molecule has 0 bridgehead atoms. The Morgan fingerprint density at radius 3 is 2.90 bits per heavy atom. The predicted octanol–water partition coefficient (Wildman–Crippen LogP) is 2.25. The van der Waals surface area contributed by atoms with Crippen molar-refractivity contribution in [3.8, 4) is 18.1 Å². The third-order valence-electron chi connectivity index (χ3n) is 3.07. The lowest BCUT2D eigenvalue weighted by molar-refractivity contribution is -0.127. The number of carbonyl (C=O) groups is 1. The molecule has 1 rings (SSSR count). The van der Waals surface area contributed by atoms with Crippen LogP contribution >= 0.6 is 15.9 Å². The van der Waals surface area contributed by atoms with Crippen LogP contribution in [0.2, 0.25) is 0 Å². The highest BCUT2D eigenvalue weighted by Gasteiger charge is 2.16. The van der Waals surface area contributed by atoms with Gasteiger partial charge in [-0.1, -0.05) is 28.8 Å². The van der Waals surface area contributed by atoms with E-state index >= 15 is 0 Å². The number of ether oxygens (including phenoxy) is 1. The summed E-state index contributed by atoms with van der Waals surface area (Å²) in [6.45, 7) is 3.93. The molecule has 0 aliphatic heterocycles. The van der Waals surface area contributed by atoms with Gasteiger partial charge in [-0.2, -0.15) is 0 Å². The van der Waals surface area contributed by atoms with E-state index in [1.807, 2.05) is 25.1 Å². The summed E-state index contributed by atoms with van der Waals surface area (Å²) in [6.07, 6.45) is 6.08. The summed E-state index contributed by atoms with van der Waals surface area (Å²) < 4.78 is 6.70. The average Bonchev–Trinajstić information content (AvgIpc) is 2.47. The molecule has 1 amide bonds. The topological polar surface area (TPSA) is 64.3 Å². The van der Waals surface area contributed by atoms with Crippen LogP contribution in [0.3, 0.4) is 0 Å². The summed E-state index contributed by atoms with van der Waals surface area (Å²) in [7, 11) is 0. The summed E-state index contributed by atoms with van der Waals surface area (Å²) >= 11 is 3.44. The molecule has 4 nitrogen and oxygen atoms in total. The maximum absolute atomic E-state index is 11.8. The number of halogens is 1. The second kappa shape index (κ2) is 8.71. The number of nitrogens with two attached hydrogens (primary N) is 1. The van der Waals surface area contributed by atoms with Crippen molar-refractivity contribution in [2.75, 3.05) is 6.54 Å². The molecular formula is C16H21BrN2O2. The maximum atomic E-state index is 11.8. The van der Waals surface area contributed by atoms with Crippen molar-refractivity contribution in [2.24, 2.45) is 5.73 Å². The van der Waals surface area contributed by atoms with Crippen LogP contribution in [0, 0.1) is 12.3 Å². The minimum absolute atomic E-state index is 0.0622. The van der Waals surface area contributed by atoms with Crippen LogP contribution in [-0.4, -0.2) is 24.6 Å². The zero-order valence-corrected chi connectivity index (χ0v) is 13.9. The molecule has 3 N–H and O–H groups in total. The largest absolute Gasteiger partial charge is 0.481 e. The van der Waals surface area contributed by atoms with Gasteiger partial charge >= 0.3 is 0 Å². The van der Waals surface area contributed by atoms with Crippen LogP contribution in [0.5, 0.6) is 5.75 Å². The normalized spacial score (nSPS) is 13.1. The van der Waals surface area contributed by atoms with Gasteiger partial charge in [0, 0.05) is 10.5 Å². The van der Waals surface area contributed by atoms with Gasteiger partial charge in [0.1, 0.15) is 5.75 Å². The minimum Gasteiger partial charge on any atom is -0.481 e. The molecule has 0 aromatic heterocycles. The molecule has 1 aromatic rings. The van der Waals surface area contributed by atoms with E-state index in [4.69, 9.17) is 16.9 Å². The van der Waals surface area contributed by atoms with Crippen molar-refractivity contribution in [1.82, 2.24) is 5.32 Å². The van der Waals surface area contributed by atoms with Gasteiger partial charge in [0.05, 0.1) is 6.54 Å². The summed E-state index contributed by atoms with van der Waals surface area (Å²) in [5.74, 6) is 2.80. The molecule has 0 radical (unpaired) electrons. The van der Waals surface area contributed by atoms with E-state index in [1.165, 1.54) is 0 Å². The first kappa shape index (κ1) is 17.5. The molecule has 0 heterocycles. The maximum Gasteiger partial charge on any atom is 0.261 e. The van der Waals surface area contributed by atoms with Crippen molar-refractivity contribution < 1.29 is 9.53 Å². The summed E-state index contributed by atoms with van der Waals surface area (Å²) in [4.78, 5) is 11.8. The van der Waals surface area contributed by atoms with Gasteiger partial charge in [0.15, 0.2) is 6.10 Å². The van der Waals surface area contributed by atoms with Crippen molar-refractivity contribution in [2.45, 2.75) is 38.8 Å². The molecule has 0 fully saturated rings. The first-order chi connectivity index (χ1) is 9.97. The first-order valence-electron chi connectivity index (χ1n) is 6.89. The van der Waals surface area contributed by atoms with Gasteiger partial charge in [0.25, 0.3) is 5.91 Å². The van der Waals surface area contributed by atoms with Crippen molar-refractivity contribution in [1.29, 1.82) is 0 Å². The van der Waals surface area contributed by atoms with E-state index in [1.54, 1.807) is 6.92 Å². The van der Waals surface area contributed by atoms with E-state index in [-0.39, 0.29) is 18.5 Å². The fourth-order valence-electron chi connectivity index (χ4n) is 1.78. The Morgan fingerprint density at radius 2 is 2.29 bits per heavy atom. The highest BCUT2D eigenvalue weighted by atomic mass is 79.9. The Balaban J connectivity index is 2.82. The molecule has 0 saturated carbocycles. The third kappa shape index (κ3) is 5.78. The second-order valence-electron chi connectivity index (χ2n) is 4.81. The average molecular weight is 353 g/mol. The molecule has 0 aliphatic carbocycles. The fourth-order valence-corrected chi connectivity index (χ4v) is 2.18. The third-order valence-corrected chi connectivity index (χ3v) is 3.56. The standard InChI is InChI=1S/C16H21BrN2O2/c1-4-8-19-16(20)11(3)21-15-7-6-13(17)9-12(15)10-14(18)5-2/h1,6-7,9,11,14H,5,8,10,18H2,2-3H3,(H,19,20). The molecular weight excluding hydrogens is 332 g/mol. The van der Waals surface area contributed by atoms with Gasteiger partial charge in [0.2, 0.25) is 0 Å². The second-order valence-corrected chi connectivity index (χ2v) is 5.72. The molecule has 2 atom stereocenters. The van der Waals surface area contributed by atoms with E-state index in [0.717, 1.165) is 16.5 Å². The zero-order chi connectivity index (χ0) is 15.8. The van der Waals surface area contributed by atoms with Crippen molar-refractivity contribution in [3.63, 3.8) is 0 Å². The van der Waals surface area contributed by atoms with Crippen LogP contribution < -0.4 is 15.8 Å². The summed E-state index contributed by atoms with van der Waals surface area (Å²) in [5.41, 5.74) is 6.99. The van der Waals surface area contributed by atoms with Gasteiger partial charge in [-0.15, -0.1) is 6.42 Å². The van der Waals surface area contributed by atoms with Crippen LogP contribution in [0.4, 0.5) is 0 Å². The molecule has 1 aromatic carbocycles. The highest BCUT2D eigenvalue weighted by molar-refractivity contribution is 9.10. The number of rotatable bonds is 7. The Kier molecular flexibility index (Phi) is 7.27. The Morgan fingerprint density at radius 1 is 1.57 bits per heavy atom. The van der Waals surface area contributed by atoms with Crippen molar-refractivity contribution in [3.05, 3.63) is 28.2 Å². The van der Waals surface area contributed by atoms with E-state index in [0.29, 0.717) is 12.2 Å². The molecule has 0 aliphatic rings. The minimum atomic E-state index is -0.615. The summed E-state index contributed by atoms with van der Waals surface area (Å²) in [5, 5.41) is 2.60. The fraction of sp³-hybridized carbons (Fsp3) is 0.438. The Labute approximate surface area is 134 Å². The van der Waals surface area contributed by atoms with E-state index in [2.05, 4.69) is 27.2 Å². The van der Waals surface area contributed by atoms with Crippen LogP contribution in [0.1, 0.15) is 25.8 Å². The number of amides is 1. The zero-order valence-electron chi connectivity index (χ0n) is 12.4. The molecule has 114 valence electrons. The predicted molar refractivity (Wildman–Crippen MR) is 88.0 cm³/mol. The lowest BCUT2D eigenvalue weighted by atomic mass is 10.0.